The summed E-state index contributed by atoms with van der Waals surface area (Å²) in [6.07, 6.45) is 3.55. The summed E-state index contributed by atoms with van der Waals surface area (Å²) < 4.78 is 22.8. The van der Waals surface area contributed by atoms with Crippen molar-refractivity contribution in [2.45, 2.75) is 57.5 Å². The van der Waals surface area contributed by atoms with Crippen LogP contribution in [-0.4, -0.2) is 47.7 Å². The Hall–Kier alpha value is -2.41. The summed E-state index contributed by atoms with van der Waals surface area (Å²) in [5.41, 5.74) is -1.15. The van der Waals surface area contributed by atoms with Crippen LogP contribution >= 0.6 is 0 Å². The first-order valence-electron chi connectivity index (χ1n) is 9.03. The van der Waals surface area contributed by atoms with Gasteiger partial charge in [0.1, 0.15) is 18.0 Å². The zero-order valence-corrected chi connectivity index (χ0v) is 15.7. The first-order valence-corrected chi connectivity index (χ1v) is 9.03. The standard InChI is InChI=1S/C20H22O7/c1-5-10(2)17(22)25-14-8-19(4)15(21)7-12(27-19)11(3)6-13-16(14)20(9-24-20)18(23)26-13/h5-7,13-14,16H,8-9H2,1-4H3/b10-5-,11-6-/t13-,14-,16+,19-,20-/m1/s1. The number of hydrogen-bond donors (Lipinski definition) is 0. The molecule has 7 heteroatoms. The number of allylic oxidation sites excluding steroid dienone is 2. The van der Waals surface area contributed by atoms with Crippen LogP contribution in [0.2, 0.25) is 0 Å². The van der Waals surface area contributed by atoms with E-state index >= 15 is 0 Å². The molecule has 0 aliphatic carbocycles. The molecular weight excluding hydrogens is 352 g/mol. The summed E-state index contributed by atoms with van der Waals surface area (Å²) >= 11 is 0. The van der Waals surface area contributed by atoms with Crippen molar-refractivity contribution in [3.05, 3.63) is 35.1 Å². The second-order valence-electron chi connectivity index (χ2n) is 7.75. The number of carbonyl (C=O) groups is 3. The van der Waals surface area contributed by atoms with Crippen molar-refractivity contribution in [3.8, 4) is 0 Å². The van der Waals surface area contributed by atoms with Crippen molar-refractivity contribution in [2.75, 3.05) is 6.61 Å². The maximum atomic E-state index is 12.6. The lowest BCUT2D eigenvalue weighted by Gasteiger charge is -2.32. The summed E-state index contributed by atoms with van der Waals surface area (Å²) in [5, 5.41) is 0. The molecule has 0 saturated carbocycles. The van der Waals surface area contributed by atoms with Crippen LogP contribution in [0.5, 0.6) is 0 Å². The van der Waals surface area contributed by atoms with E-state index in [0.29, 0.717) is 16.9 Å². The lowest BCUT2D eigenvalue weighted by Crippen LogP contribution is -2.46. The van der Waals surface area contributed by atoms with E-state index in [9.17, 15) is 14.4 Å². The van der Waals surface area contributed by atoms with E-state index in [0.717, 1.165) is 0 Å². The fourth-order valence-corrected chi connectivity index (χ4v) is 3.97. The minimum atomic E-state index is -1.17. The fraction of sp³-hybridized carbons (Fsp3) is 0.550. The minimum absolute atomic E-state index is 0.110. The third kappa shape index (κ3) is 2.64. The largest absolute Gasteiger partial charge is 0.479 e. The summed E-state index contributed by atoms with van der Waals surface area (Å²) in [7, 11) is 0. The number of hydrogen-bond acceptors (Lipinski definition) is 7. The van der Waals surface area contributed by atoms with Gasteiger partial charge in [-0.25, -0.2) is 9.59 Å². The lowest BCUT2D eigenvalue weighted by molar-refractivity contribution is -0.155. The molecule has 2 bridgehead atoms. The quantitative estimate of drug-likeness (QED) is 0.413. The Bertz CT molecular complexity index is 829. The number of esters is 2. The van der Waals surface area contributed by atoms with Gasteiger partial charge in [0.2, 0.25) is 5.78 Å². The van der Waals surface area contributed by atoms with Crippen LogP contribution in [0, 0.1) is 5.92 Å². The highest BCUT2D eigenvalue weighted by Crippen LogP contribution is 2.51. The number of ketones is 1. The molecule has 2 saturated heterocycles. The zero-order valence-electron chi connectivity index (χ0n) is 15.7. The highest BCUT2D eigenvalue weighted by Gasteiger charge is 2.70. The molecule has 4 heterocycles. The van der Waals surface area contributed by atoms with Gasteiger partial charge < -0.3 is 18.9 Å². The van der Waals surface area contributed by atoms with Gasteiger partial charge in [-0.2, -0.15) is 0 Å². The topological polar surface area (TPSA) is 91.4 Å². The van der Waals surface area contributed by atoms with Gasteiger partial charge in [0, 0.05) is 18.1 Å². The smallest absolute Gasteiger partial charge is 0.342 e. The average molecular weight is 374 g/mol. The molecule has 0 radical (unpaired) electrons. The highest BCUT2D eigenvalue weighted by atomic mass is 16.7. The summed E-state index contributed by atoms with van der Waals surface area (Å²) in [5.74, 6) is -1.24. The Morgan fingerprint density at radius 2 is 2.07 bits per heavy atom. The van der Waals surface area contributed by atoms with Crippen molar-refractivity contribution in [1.82, 2.24) is 0 Å². The van der Waals surface area contributed by atoms with Crippen molar-refractivity contribution in [2.24, 2.45) is 5.92 Å². The normalized spacial score (nSPS) is 42.1. The van der Waals surface area contributed by atoms with Crippen molar-refractivity contribution >= 4 is 17.7 Å². The summed E-state index contributed by atoms with van der Waals surface area (Å²) in [4.78, 5) is 37.5. The molecular formula is C20H22O7. The van der Waals surface area contributed by atoms with Crippen molar-refractivity contribution in [1.29, 1.82) is 0 Å². The van der Waals surface area contributed by atoms with Crippen molar-refractivity contribution < 1.29 is 33.3 Å². The van der Waals surface area contributed by atoms with Crippen molar-refractivity contribution in [3.63, 3.8) is 0 Å². The molecule has 27 heavy (non-hydrogen) atoms. The summed E-state index contributed by atoms with van der Waals surface area (Å²) in [6.45, 7) is 7.07. The predicted octanol–water partition coefficient (Wildman–Crippen LogP) is 1.77. The third-order valence-corrected chi connectivity index (χ3v) is 5.86. The molecule has 0 N–H and O–H groups in total. The maximum absolute atomic E-state index is 12.6. The average Bonchev–Trinajstić information content (AvgIpc) is 3.27. The SMILES string of the molecule is C/C=C(/C)C(=O)O[C@@H]1C[C@@]2(C)OC(=CC2=O)/C(C)=C\[C@H]2OC(=O)[C@@]3(CO3)[C@@H]21. The maximum Gasteiger partial charge on any atom is 0.342 e. The Balaban J connectivity index is 1.78. The van der Waals surface area contributed by atoms with Gasteiger partial charge in [0.25, 0.3) is 0 Å². The predicted molar refractivity (Wildman–Crippen MR) is 92.3 cm³/mol. The molecule has 7 nitrogen and oxygen atoms in total. The van der Waals surface area contributed by atoms with Gasteiger partial charge in [-0.3, -0.25) is 4.79 Å². The monoisotopic (exact) mass is 374 g/mol. The lowest BCUT2D eigenvalue weighted by atomic mass is 9.79. The van der Waals surface area contributed by atoms with E-state index in [1.165, 1.54) is 6.08 Å². The number of rotatable bonds is 2. The fourth-order valence-electron chi connectivity index (χ4n) is 3.97. The van der Waals surface area contributed by atoms with Gasteiger partial charge >= 0.3 is 11.9 Å². The van der Waals surface area contributed by atoms with E-state index in [1.54, 1.807) is 39.8 Å². The van der Waals surface area contributed by atoms with Crippen LogP contribution < -0.4 is 0 Å². The minimum Gasteiger partial charge on any atom is -0.479 e. The molecule has 4 rings (SSSR count). The second-order valence-corrected chi connectivity index (χ2v) is 7.75. The highest BCUT2D eigenvalue weighted by molar-refractivity contribution is 6.00. The zero-order chi connectivity index (χ0) is 19.6. The Labute approximate surface area is 157 Å². The first-order chi connectivity index (χ1) is 12.7. The number of carbonyl (C=O) groups excluding carboxylic acids is 3. The molecule has 2 fully saturated rings. The second kappa shape index (κ2) is 5.79. The van der Waals surface area contributed by atoms with Crippen LogP contribution in [0.3, 0.4) is 0 Å². The third-order valence-electron chi connectivity index (χ3n) is 5.86. The molecule has 4 aliphatic heterocycles. The molecule has 0 aromatic carbocycles. The van der Waals surface area contributed by atoms with Crippen LogP contribution in [0.15, 0.2) is 35.1 Å². The molecule has 144 valence electrons. The molecule has 0 unspecified atom stereocenters. The van der Waals surface area contributed by atoms with Gasteiger partial charge in [0.15, 0.2) is 11.2 Å². The van der Waals surface area contributed by atoms with E-state index in [-0.39, 0.29) is 18.8 Å². The number of epoxide rings is 1. The van der Waals surface area contributed by atoms with Crippen LogP contribution in [0.4, 0.5) is 0 Å². The van der Waals surface area contributed by atoms with Crippen LogP contribution in [0.1, 0.15) is 34.1 Å². The van der Waals surface area contributed by atoms with E-state index in [2.05, 4.69) is 0 Å². The van der Waals surface area contributed by atoms with E-state index in [1.807, 2.05) is 0 Å². The van der Waals surface area contributed by atoms with Crippen LogP contribution in [0.25, 0.3) is 0 Å². The van der Waals surface area contributed by atoms with E-state index in [4.69, 9.17) is 18.9 Å². The Kier molecular flexibility index (Phi) is 3.86. The van der Waals surface area contributed by atoms with Gasteiger partial charge in [0.05, 0.1) is 12.5 Å². The molecule has 1 spiro atoms. The molecule has 5 atom stereocenters. The first kappa shape index (κ1) is 18.0. The van der Waals surface area contributed by atoms with Crippen LogP contribution in [-0.2, 0) is 33.3 Å². The molecule has 0 amide bonds. The number of ether oxygens (including phenoxy) is 4. The molecule has 4 aliphatic rings. The van der Waals surface area contributed by atoms with Gasteiger partial charge in [-0.05, 0) is 39.3 Å². The molecule has 0 aromatic heterocycles. The Morgan fingerprint density at radius 1 is 1.37 bits per heavy atom. The molecule has 0 aromatic rings. The summed E-state index contributed by atoms with van der Waals surface area (Å²) in [6, 6.07) is 0. The Morgan fingerprint density at radius 3 is 2.70 bits per heavy atom. The van der Waals surface area contributed by atoms with Gasteiger partial charge in [-0.1, -0.05) is 6.08 Å². The van der Waals surface area contributed by atoms with Gasteiger partial charge in [-0.15, -0.1) is 0 Å². The van der Waals surface area contributed by atoms with E-state index < -0.39 is 41.3 Å². The number of fused-ring (bicyclic) bond motifs is 4.